The highest BCUT2D eigenvalue weighted by molar-refractivity contribution is 5.84. The normalized spacial score (nSPS) is 23.5. The number of hydrogen-bond acceptors (Lipinski definition) is 4. The van der Waals surface area contributed by atoms with Crippen molar-refractivity contribution in [2.45, 2.75) is 13.3 Å². The molecule has 0 aromatic carbocycles. The van der Waals surface area contributed by atoms with Crippen LogP contribution in [0.2, 0.25) is 0 Å². The first-order valence-corrected chi connectivity index (χ1v) is 4.96. The quantitative estimate of drug-likeness (QED) is 0.777. The van der Waals surface area contributed by atoms with Gasteiger partial charge >= 0.3 is 5.97 Å². The summed E-state index contributed by atoms with van der Waals surface area (Å²) in [5, 5.41) is 11.8. The van der Waals surface area contributed by atoms with Crippen molar-refractivity contribution in [3.8, 4) is 0 Å². The Labute approximate surface area is 87.6 Å². The van der Waals surface area contributed by atoms with E-state index in [0.717, 1.165) is 18.4 Å². The zero-order valence-electron chi connectivity index (χ0n) is 8.47. The lowest BCUT2D eigenvalue weighted by Crippen LogP contribution is -2.08. The van der Waals surface area contributed by atoms with E-state index >= 15 is 0 Å². The molecule has 1 fully saturated rings. The van der Waals surface area contributed by atoms with Gasteiger partial charge in [-0.15, -0.1) is 0 Å². The number of hydrogen-bond donors (Lipinski definition) is 2. The van der Waals surface area contributed by atoms with Crippen molar-refractivity contribution in [1.82, 2.24) is 9.97 Å². The zero-order chi connectivity index (χ0) is 10.8. The number of nitrogens with zero attached hydrogens (tertiary/aromatic N) is 2. The van der Waals surface area contributed by atoms with Crippen LogP contribution < -0.4 is 5.32 Å². The Kier molecular flexibility index (Phi) is 2.53. The molecule has 1 aromatic heterocycles. The van der Waals surface area contributed by atoms with Gasteiger partial charge in [0.25, 0.3) is 0 Å². The van der Waals surface area contributed by atoms with Crippen LogP contribution in [0.3, 0.4) is 0 Å². The average molecular weight is 207 g/mol. The van der Waals surface area contributed by atoms with Crippen molar-refractivity contribution < 1.29 is 9.90 Å². The van der Waals surface area contributed by atoms with Crippen LogP contribution in [0.1, 0.15) is 23.8 Å². The van der Waals surface area contributed by atoms with Crippen LogP contribution in [0, 0.1) is 11.8 Å². The molecule has 0 spiro atoms. The topological polar surface area (TPSA) is 75.1 Å². The molecule has 2 rings (SSSR count). The Bertz CT molecular complexity index is 363. The fourth-order valence-corrected chi connectivity index (χ4v) is 1.45. The molecule has 5 heteroatoms. The Morgan fingerprint density at radius 3 is 2.80 bits per heavy atom. The summed E-state index contributed by atoms with van der Waals surface area (Å²) in [5.74, 6) is 1.11. The highest BCUT2D eigenvalue weighted by Gasteiger charge is 2.31. The second kappa shape index (κ2) is 3.84. The minimum Gasteiger partial charge on any atom is -0.476 e. The summed E-state index contributed by atoms with van der Waals surface area (Å²) in [5.41, 5.74) is -0.0275. The molecule has 2 atom stereocenters. The summed E-state index contributed by atoms with van der Waals surface area (Å²) in [7, 11) is 0. The van der Waals surface area contributed by atoms with E-state index in [2.05, 4.69) is 22.2 Å². The third-order valence-corrected chi connectivity index (χ3v) is 2.69. The number of carboxylic acid groups (broad SMARTS) is 1. The molecule has 2 N–H and O–H groups in total. The molecule has 0 saturated heterocycles. The van der Waals surface area contributed by atoms with Crippen LogP contribution >= 0.6 is 0 Å². The van der Waals surface area contributed by atoms with Gasteiger partial charge in [-0.2, -0.15) is 0 Å². The monoisotopic (exact) mass is 207 g/mol. The lowest BCUT2D eigenvalue weighted by atomic mass is 10.3. The van der Waals surface area contributed by atoms with Crippen LogP contribution in [0.15, 0.2) is 12.4 Å². The predicted octanol–water partition coefficient (Wildman–Crippen LogP) is 1.24. The number of anilines is 1. The number of aromatic carboxylic acids is 1. The molecular formula is C10H13N3O2. The maximum absolute atomic E-state index is 10.5. The molecule has 2 unspecified atom stereocenters. The first kappa shape index (κ1) is 9.89. The second-order valence-corrected chi connectivity index (χ2v) is 3.95. The molecule has 1 aromatic rings. The Balaban J connectivity index is 1.89. The molecule has 1 heterocycles. The largest absolute Gasteiger partial charge is 0.476 e. The average Bonchev–Trinajstić information content (AvgIpc) is 2.92. The van der Waals surface area contributed by atoms with Crippen LogP contribution in [0.4, 0.5) is 5.82 Å². The molecule has 15 heavy (non-hydrogen) atoms. The van der Waals surface area contributed by atoms with Gasteiger partial charge in [-0.3, -0.25) is 0 Å². The SMILES string of the molecule is CC1CC1CNc1cnc(C(=O)O)cn1. The van der Waals surface area contributed by atoms with E-state index in [9.17, 15) is 4.79 Å². The highest BCUT2D eigenvalue weighted by Crippen LogP contribution is 2.37. The number of nitrogens with one attached hydrogen (secondary N) is 1. The maximum Gasteiger partial charge on any atom is 0.356 e. The molecule has 0 radical (unpaired) electrons. The van der Waals surface area contributed by atoms with E-state index < -0.39 is 5.97 Å². The summed E-state index contributed by atoms with van der Waals surface area (Å²) < 4.78 is 0. The van der Waals surface area contributed by atoms with E-state index in [1.165, 1.54) is 18.8 Å². The zero-order valence-corrected chi connectivity index (χ0v) is 8.47. The van der Waals surface area contributed by atoms with E-state index in [1.54, 1.807) is 0 Å². The van der Waals surface area contributed by atoms with Gasteiger partial charge in [0.2, 0.25) is 0 Å². The minimum absolute atomic E-state index is 0.0275. The lowest BCUT2D eigenvalue weighted by molar-refractivity contribution is 0.0690. The summed E-state index contributed by atoms with van der Waals surface area (Å²) in [6, 6.07) is 0. The standard InChI is InChI=1S/C10H13N3O2/c1-6-2-7(6)3-12-9-5-11-8(4-13-9)10(14)15/h4-7H,2-3H2,1H3,(H,12,13)(H,14,15). The molecule has 0 aliphatic heterocycles. The van der Waals surface area contributed by atoms with Gasteiger partial charge in [-0.05, 0) is 18.3 Å². The third-order valence-electron chi connectivity index (χ3n) is 2.69. The maximum atomic E-state index is 10.5. The van der Waals surface area contributed by atoms with Gasteiger partial charge in [0.1, 0.15) is 5.82 Å². The van der Waals surface area contributed by atoms with Gasteiger partial charge in [-0.25, -0.2) is 14.8 Å². The van der Waals surface area contributed by atoms with E-state index in [4.69, 9.17) is 5.11 Å². The predicted molar refractivity (Wildman–Crippen MR) is 54.8 cm³/mol. The number of carbonyl (C=O) groups is 1. The summed E-state index contributed by atoms with van der Waals surface area (Å²) in [4.78, 5) is 18.2. The van der Waals surface area contributed by atoms with Crippen molar-refractivity contribution in [1.29, 1.82) is 0 Å². The minimum atomic E-state index is -1.05. The van der Waals surface area contributed by atoms with Crippen molar-refractivity contribution in [3.63, 3.8) is 0 Å². The molecule has 1 saturated carbocycles. The van der Waals surface area contributed by atoms with E-state index in [-0.39, 0.29) is 5.69 Å². The molecule has 0 amide bonds. The molecule has 80 valence electrons. The van der Waals surface area contributed by atoms with Gasteiger partial charge in [0.05, 0.1) is 12.4 Å². The molecule has 0 bridgehead atoms. The Morgan fingerprint density at radius 1 is 1.60 bits per heavy atom. The molecule has 5 nitrogen and oxygen atoms in total. The van der Waals surface area contributed by atoms with Crippen molar-refractivity contribution in [3.05, 3.63) is 18.1 Å². The van der Waals surface area contributed by atoms with Crippen molar-refractivity contribution in [2.24, 2.45) is 11.8 Å². The fourth-order valence-electron chi connectivity index (χ4n) is 1.45. The fraction of sp³-hybridized carbons (Fsp3) is 0.500. The van der Waals surface area contributed by atoms with Gasteiger partial charge in [0.15, 0.2) is 5.69 Å². The van der Waals surface area contributed by atoms with Crippen LogP contribution in [0.25, 0.3) is 0 Å². The van der Waals surface area contributed by atoms with Crippen molar-refractivity contribution >= 4 is 11.8 Å². The van der Waals surface area contributed by atoms with Gasteiger partial charge < -0.3 is 10.4 Å². The van der Waals surface area contributed by atoms with Crippen LogP contribution in [-0.4, -0.2) is 27.6 Å². The molecular weight excluding hydrogens is 194 g/mol. The lowest BCUT2D eigenvalue weighted by Gasteiger charge is -2.03. The number of aromatic nitrogens is 2. The Morgan fingerprint density at radius 2 is 2.33 bits per heavy atom. The van der Waals surface area contributed by atoms with Gasteiger partial charge in [0, 0.05) is 6.54 Å². The van der Waals surface area contributed by atoms with Crippen LogP contribution in [-0.2, 0) is 0 Å². The first-order chi connectivity index (χ1) is 7.16. The summed E-state index contributed by atoms with van der Waals surface area (Å²) in [6.07, 6.45) is 3.98. The van der Waals surface area contributed by atoms with Crippen molar-refractivity contribution in [2.75, 3.05) is 11.9 Å². The summed E-state index contributed by atoms with van der Waals surface area (Å²) in [6.45, 7) is 3.10. The number of rotatable bonds is 4. The van der Waals surface area contributed by atoms with E-state index in [0.29, 0.717) is 5.82 Å². The molecule has 1 aliphatic carbocycles. The van der Waals surface area contributed by atoms with Gasteiger partial charge in [-0.1, -0.05) is 6.92 Å². The Hall–Kier alpha value is -1.65. The van der Waals surface area contributed by atoms with E-state index in [1.807, 2.05) is 0 Å². The smallest absolute Gasteiger partial charge is 0.356 e. The highest BCUT2D eigenvalue weighted by atomic mass is 16.4. The summed E-state index contributed by atoms with van der Waals surface area (Å²) >= 11 is 0. The molecule has 1 aliphatic rings. The number of carboxylic acids is 1. The first-order valence-electron chi connectivity index (χ1n) is 4.96. The third kappa shape index (κ3) is 2.43. The second-order valence-electron chi connectivity index (χ2n) is 3.95. The van der Waals surface area contributed by atoms with Crippen LogP contribution in [0.5, 0.6) is 0 Å².